The van der Waals surface area contributed by atoms with Gasteiger partial charge in [0.2, 0.25) is 5.91 Å². The summed E-state index contributed by atoms with van der Waals surface area (Å²) in [7, 11) is 0. The number of fused-ring (bicyclic) bond motifs is 1. The number of aromatic nitrogens is 4. The number of amides is 1. The van der Waals surface area contributed by atoms with E-state index in [4.69, 9.17) is 11.6 Å². The van der Waals surface area contributed by atoms with Gasteiger partial charge in [-0.15, -0.1) is 0 Å². The van der Waals surface area contributed by atoms with E-state index in [2.05, 4.69) is 20.4 Å². The molecule has 0 fully saturated rings. The highest BCUT2D eigenvalue weighted by atomic mass is 35.5. The van der Waals surface area contributed by atoms with Crippen molar-refractivity contribution in [3.63, 3.8) is 0 Å². The molecule has 0 bridgehead atoms. The molecule has 0 saturated heterocycles. The van der Waals surface area contributed by atoms with Gasteiger partial charge < -0.3 is 5.32 Å². The molecular formula is C16H16ClN5O. The molecule has 1 aromatic carbocycles. The van der Waals surface area contributed by atoms with Crippen molar-refractivity contribution in [3.8, 4) is 0 Å². The Hall–Kier alpha value is -2.47. The van der Waals surface area contributed by atoms with E-state index in [0.717, 1.165) is 22.6 Å². The summed E-state index contributed by atoms with van der Waals surface area (Å²) in [4.78, 5) is 20.6. The van der Waals surface area contributed by atoms with Crippen LogP contribution in [0, 0.1) is 13.8 Å². The minimum Gasteiger partial charge on any atom is -0.326 e. The summed E-state index contributed by atoms with van der Waals surface area (Å²) >= 11 is 5.83. The highest BCUT2D eigenvalue weighted by Crippen LogP contribution is 2.16. The van der Waals surface area contributed by atoms with Gasteiger partial charge in [0.15, 0.2) is 0 Å². The molecule has 1 N–H and O–H groups in total. The molecule has 118 valence electrons. The first kappa shape index (κ1) is 15.4. The van der Waals surface area contributed by atoms with Crippen LogP contribution in [0.4, 0.5) is 5.69 Å². The minimum atomic E-state index is -0.0511. The molecule has 0 aliphatic heterocycles. The minimum absolute atomic E-state index is 0.0511. The molecule has 0 aliphatic carbocycles. The second-order valence-corrected chi connectivity index (χ2v) is 5.72. The van der Waals surface area contributed by atoms with E-state index in [1.165, 1.54) is 6.33 Å². The molecule has 0 radical (unpaired) electrons. The normalized spacial score (nSPS) is 10.9. The highest BCUT2D eigenvalue weighted by Gasteiger charge is 2.12. The third-order valence-corrected chi connectivity index (χ3v) is 3.97. The summed E-state index contributed by atoms with van der Waals surface area (Å²) < 4.78 is 1.69. The van der Waals surface area contributed by atoms with E-state index in [0.29, 0.717) is 23.6 Å². The Morgan fingerprint density at radius 3 is 2.74 bits per heavy atom. The number of halogens is 1. The fourth-order valence-corrected chi connectivity index (χ4v) is 2.64. The van der Waals surface area contributed by atoms with Crippen molar-refractivity contribution >= 4 is 29.0 Å². The number of carbonyl (C=O) groups is 1. The number of carbonyl (C=O) groups excluding carboxylic acids is 1. The topological polar surface area (TPSA) is 72.2 Å². The first-order chi connectivity index (χ1) is 11.0. The molecular weight excluding hydrogens is 314 g/mol. The Balaban J connectivity index is 1.70. The maximum atomic E-state index is 12.1. The first-order valence-electron chi connectivity index (χ1n) is 7.26. The Morgan fingerprint density at radius 2 is 2.00 bits per heavy atom. The lowest BCUT2D eigenvalue weighted by Gasteiger charge is -2.10. The van der Waals surface area contributed by atoms with Crippen molar-refractivity contribution in [2.75, 3.05) is 5.32 Å². The Labute approximate surface area is 138 Å². The van der Waals surface area contributed by atoms with Crippen LogP contribution in [0.3, 0.4) is 0 Å². The second kappa shape index (κ2) is 6.34. The van der Waals surface area contributed by atoms with E-state index in [9.17, 15) is 4.79 Å². The molecule has 1 amide bonds. The highest BCUT2D eigenvalue weighted by molar-refractivity contribution is 6.30. The SMILES string of the molecule is Cc1nc2ncnn2c(C)c1CCC(=O)Nc1ccc(Cl)cc1. The molecule has 0 spiro atoms. The number of nitrogens with zero attached hydrogens (tertiary/aromatic N) is 4. The molecule has 0 atom stereocenters. The van der Waals surface area contributed by atoms with Crippen LogP contribution in [-0.4, -0.2) is 25.5 Å². The summed E-state index contributed by atoms with van der Waals surface area (Å²) in [6.07, 6.45) is 2.44. The van der Waals surface area contributed by atoms with Crippen LogP contribution >= 0.6 is 11.6 Å². The van der Waals surface area contributed by atoms with Crippen molar-refractivity contribution in [1.82, 2.24) is 19.6 Å². The van der Waals surface area contributed by atoms with Gasteiger partial charge in [-0.1, -0.05) is 11.6 Å². The van der Waals surface area contributed by atoms with Gasteiger partial charge in [0, 0.05) is 28.5 Å². The van der Waals surface area contributed by atoms with Crippen molar-refractivity contribution in [2.45, 2.75) is 26.7 Å². The van der Waals surface area contributed by atoms with Gasteiger partial charge in [0.1, 0.15) is 6.33 Å². The van der Waals surface area contributed by atoms with Gasteiger partial charge in [-0.2, -0.15) is 10.1 Å². The van der Waals surface area contributed by atoms with Crippen LogP contribution in [-0.2, 0) is 11.2 Å². The van der Waals surface area contributed by atoms with Crippen LogP contribution in [0.25, 0.3) is 5.78 Å². The number of hydrogen-bond acceptors (Lipinski definition) is 4. The predicted octanol–water partition coefficient (Wildman–Crippen LogP) is 2.97. The van der Waals surface area contributed by atoms with E-state index < -0.39 is 0 Å². The van der Waals surface area contributed by atoms with Gasteiger partial charge in [-0.05, 0) is 50.1 Å². The molecule has 6 nitrogen and oxygen atoms in total. The van der Waals surface area contributed by atoms with Gasteiger partial charge in [0.25, 0.3) is 5.78 Å². The summed E-state index contributed by atoms with van der Waals surface area (Å²) in [5.41, 5.74) is 3.60. The Kier molecular flexibility index (Phi) is 4.25. The fourth-order valence-electron chi connectivity index (χ4n) is 2.51. The smallest absolute Gasteiger partial charge is 0.252 e. The van der Waals surface area contributed by atoms with Crippen LogP contribution in [0.5, 0.6) is 0 Å². The van der Waals surface area contributed by atoms with Crippen LogP contribution in [0.15, 0.2) is 30.6 Å². The molecule has 2 aromatic heterocycles. The van der Waals surface area contributed by atoms with Gasteiger partial charge in [-0.25, -0.2) is 9.50 Å². The van der Waals surface area contributed by atoms with Crippen molar-refractivity contribution in [2.24, 2.45) is 0 Å². The fraction of sp³-hybridized carbons (Fsp3) is 0.250. The zero-order valence-corrected chi connectivity index (χ0v) is 13.6. The van der Waals surface area contributed by atoms with Crippen molar-refractivity contribution in [1.29, 1.82) is 0 Å². The van der Waals surface area contributed by atoms with Crippen molar-refractivity contribution < 1.29 is 4.79 Å². The third kappa shape index (κ3) is 3.32. The van der Waals surface area contributed by atoms with Gasteiger partial charge in [0.05, 0.1) is 0 Å². The van der Waals surface area contributed by atoms with Gasteiger partial charge in [-0.3, -0.25) is 4.79 Å². The summed E-state index contributed by atoms with van der Waals surface area (Å²) in [5, 5.41) is 7.65. The second-order valence-electron chi connectivity index (χ2n) is 5.29. The maximum Gasteiger partial charge on any atom is 0.252 e. The zero-order valence-electron chi connectivity index (χ0n) is 12.9. The van der Waals surface area contributed by atoms with E-state index >= 15 is 0 Å². The molecule has 3 rings (SSSR count). The number of nitrogens with one attached hydrogen (secondary N) is 1. The van der Waals surface area contributed by atoms with Gasteiger partial charge >= 0.3 is 0 Å². The molecule has 0 unspecified atom stereocenters. The van der Waals surface area contributed by atoms with E-state index in [1.807, 2.05) is 13.8 Å². The lowest BCUT2D eigenvalue weighted by atomic mass is 10.1. The van der Waals surface area contributed by atoms with E-state index in [1.54, 1.807) is 28.8 Å². The first-order valence-corrected chi connectivity index (χ1v) is 7.63. The Morgan fingerprint density at radius 1 is 1.26 bits per heavy atom. The molecule has 0 aliphatic rings. The summed E-state index contributed by atoms with van der Waals surface area (Å²) in [6, 6.07) is 7.04. The lowest BCUT2D eigenvalue weighted by molar-refractivity contribution is -0.116. The van der Waals surface area contributed by atoms with E-state index in [-0.39, 0.29) is 5.91 Å². The molecule has 2 heterocycles. The predicted molar refractivity (Wildman–Crippen MR) is 88.7 cm³/mol. The average molecular weight is 330 g/mol. The summed E-state index contributed by atoms with van der Waals surface area (Å²) in [6.45, 7) is 3.89. The van der Waals surface area contributed by atoms with Crippen LogP contribution < -0.4 is 5.32 Å². The standard InChI is InChI=1S/C16H16ClN5O/c1-10-14(11(2)22-16(20-10)18-9-19-22)7-8-15(23)21-13-5-3-12(17)4-6-13/h3-6,9H,7-8H2,1-2H3,(H,21,23). The average Bonchev–Trinajstić information content (AvgIpc) is 2.98. The Bertz CT molecular complexity index is 857. The molecule has 0 saturated carbocycles. The maximum absolute atomic E-state index is 12.1. The number of hydrogen-bond donors (Lipinski definition) is 1. The zero-order chi connectivity index (χ0) is 16.4. The quantitative estimate of drug-likeness (QED) is 0.798. The molecule has 7 heteroatoms. The number of aryl methyl sites for hydroxylation is 2. The number of benzene rings is 1. The largest absolute Gasteiger partial charge is 0.326 e. The molecule has 23 heavy (non-hydrogen) atoms. The monoisotopic (exact) mass is 329 g/mol. The van der Waals surface area contributed by atoms with Crippen LogP contribution in [0.2, 0.25) is 5.02 Å². The number of anilines is 1. The third-order valence-electron chi connectivity index (χ3n) is 3.72. The molecule has 3 aromatic rings. The lowest BCUT2D eigenvalue weighted by Crippen LogP contribution is -2.14. The summed E-state index contributed by atoms with van der Waals surface area (Å²) in [5.74, 6) is 0.527. The van der Waals surface area contributed by atoms with Crippen molar-refractivity contribution in [3.05, 3.63) is 52.6 Å². The number of rotatable bonds is 4. The van der Waals surface area contributed by atoms with Crippen LogP contribution in [0.1, 0.15) is 23.4 Å².